The van der Waals surface area contributed by atoms with Crippen molar-refractivity contribution in [3.05, 3.63) is 42.7 Å². The first-order valence-corrected chi connectivity index (χ1v) is 8.87. The van der Waals surface area contributed by atoms with Crippen molar-refractivity contribution in [2.45, 2.75) is 19.1 Å². The molecule has 2 aromatic heterocycles. The lowest BCUT2D eigenvalue weighted by atomic mass is 10.2. The Morgan fingerprint density at radius 3 is 2.75 bits per heavy atom. The Balaban J connectivity index is 1.54. The van der Waals surface area contributed by atoms with Crippen LogP contribution in [0.4, 0.5) is 5.82 Å². The molecule has 124 valence electrons. The van der Waals surface area contributed by atoms with E-state index in [1.165, 1.54) is 10.4 Å². The van der Waals surface area contributed by atoms with Gasteiger partial charge in [0, 0.05) is 17.8 Å². The summed E-state index contributed by atoms with van der Waals surface area (Å²) in [6.45, 7) is 4.05. The van der Waals surface area contributed by atoms with Crippen molar-refractivity contribution in [1.29, 1.82) is 0 Å². The number of aromatic nitrogens is 2. The Kier molecular flexibility index (Phi) is 4.18. The zero-order valence-electron chi connectivity index (χ0n) is 13.5. The molecule has 4 rings (SSSR count). The standard InChI is InChI=1S/C18H19N3O2S/c1-18(22-9-10-23-18)7-8-19-16-14-11-15(13-5-3-2-4-6-13)24-17(14)21-12-20-16/h2-6,11-12H,7-10H2,1H3,(H,19,20,21). The summed E-state index contributed by atoms with van der Waals surface area (Å²) >= 11 is 1.68. The summed E-state index contributed by atoms with van der Waals surface area (Å²) in [6, 6.07) is 12.5. The normalized spacial score (nSPS) is 16.5. The molecule has 3 aromatic rings. The lowest BCUT2D eigenvalue weighted by molar-refractivity contribution is -0.144. The predicted molar refractivity (Wildman–Crippen MR) is 96.3 cm³/mol. The van der Waals surface area contributed by atoms with Crippen LogP contribution in [-0.2, 0) is 9.47 Å². The van der Waals surface area contributed by atoms with Crippen molar-refractivity contribution < 1.29 is 9.47 Å². The molecule has 1 aromatic carbocycles. The van der Waals surface area contributed by atoms with Gasteiger partial charge < -0.3 is 14.8 Å². The van der Waals surface area contributed by atoms with Gasteiger partial charge in [-0.05, 0) is 18.6 Å². The fourth-order valence-electron chi connectivity index (χ4n) is 2.85. The van der Waals surface area contributed by atoms with Gasteiger partial charge in [-0.15, -0.1) is 11.3 Å². The van der Waals surface area contributed by atoms with Crippen molar-refractivity contribution in [3.8, 4) is 10.4 Å². The Bertz CT molecular complexity index is 829. The summed E-state index contributed by atoms with van der Waals surface area (Å²) in [5.74, 6) is 0.378. The minimum atomic E-state index is -0.483. The first kappa shape index (κ1) is 15.5. The maximum absolute atomic E-state index is 5.63. The van der Waals surface area contributed by atoms with Gasteiger partial charge >= 0.3 is 0 Å². The molecule has 0 amide bonds. The van der Waals surface area contributed by atoms with Crippen molar-refractivity contribution in [2.24, 2.45) is 0 Å². The van der Waals surface area contributed by atoms with Crippen molar-refractivity contribution in [3.63, 3.8) is 0 Å². The third kappa shape index (κ3) is 3.13. The number of hydrogen-bond acceptors (Lipinski definition) is 6. The first-order valence-electron chi connectivity index (χ1n) is 8.05. The Labute approximate surface area is 144 Å². The molecule has 0 aliphatic carbocycles. The second kappa shape index (κ2) is 6.47. The third-order valence-electron chi connectivity index (χ3n) is 4.16. The second-order valence-corrected chi connectivity index (χ2v) is 6.96. The molecule has 0 radical (unpaired) electrons. The summed E-state index contributed by atoms with van der Waals surface area (Å²) in [5, 5.41) is 4.46. The maximum atomic E-state index is 5.63. The molecule has 1 N–H and O–H groups in total. The Morgan fingerprint density at radius 1 is 1.17 bits per heavy atom. The van der Waals surface area contributed by atoms with Gasteiger partial charge in [0.15, 0.2) is 5.79 Å². The average molecular weight is 341 g/mol. The number of nitrogens with one attached hydrogen (secondary N) is 1. The van der Waals surface area contributed by atoms with Gasteiger partial charge in [-0.2, -0.15) is 0 Å². The average Bonchev–Trinajstić information content (AvgIpc) is 3.23. The zero-order chi connectivity index (χ0) is 16.4. The molecule has 0 atom stereocenters. The van der Waals surface area contributed by atoms with E-state index in [-0.39, 0.29) is 0 Å². The highest BCUT2D eigenvalue weighted by molar-refractivity contribution is 7.21. The molecular weight excluding hydrogens is 322 g/mol. The van der Waals surface area contributed by atoms with E-state index >= 15 is 0 Å². The van der Waals surface area contributed by atoms with Crippen LogP contribution in [0.15, 0.2) is 42.7 Å². The molecular formula is C18H19N3O2S. The number of thiophene rings is 1. The van der Waals surface area contributed by atoms with Gasteiger partial charge in [-0.1, -0.05) is 30.3 Å². The summed E-state index contributed by atoms with van der Waals surface area (Å²) in [5.41, 5.74) is 1.20. The molecule has 1 fully saturated rings. The van der Waals surface area contributed by atoms with Crippen LogP contribution in [0.3, 0.4) is 0 Å². The molecule has 0 spiro atoms. The van der Waals surface area contributed by atoms with Gasteiger partial charge in [-0.25, -0.2) is 9.97 Å². The minimum Gasteiger partial charge on any atom is -0.369 e. The van der Waals surface area contributed by atoms with Crippen LogP contribution < -0.4 is 5.32 Å². The van der Waals surface area contributed by atoms with Gasteiger partial charge in [0.1, 0.15) is 17.0 Å². The number of hydrogen-bond donors (Lipinski definition) is 1. The smallest absolute Gasteiger partial charge is 0.167 e. The molecule has 1 saturated heterocycles. The number of nitrogens with zero attached hydrogens (tertiary/aromatic N) is 2. The first-order chi connectivity index (χ1) is 11.7. The van der Waals surface area contributed by atoms with E-state index in [0.29, 0.717) is 13.2 Å². The van der Waals surface area contributed by atoms with Crippen LogP contribution in [0.1, 0.15) is 13.3 Å². The molecule has 1 aliphatic heterocycles. The lowest BCUT2D eigenvalue weighted by Crippen LogP contribution is -2.28. The van der Waals surface area contributed by atoms with E-state index in [0.717, 1.165) is 29.0 Å². The third-order valence-corrected chi connectivity index (χ3v) is 5.25. The van der Waals surface area contributed by atoms with Crippen LogP contribution in [-0.4, -0.2) is 35.5 Å². The van der Waals surface area contributed by atoms with E-state index in [4.69, 9.17) is 9.47 Å². The number of ether oxygens (including phenoxy) is 2. The molecule has 0 saturated carbocycles. The minimum absolute atomic E-state index is 0.483. The fourth-order valence-corrected chi connectivity index (χ4v) is 3.85. The van der Waals surface area contributed by atoms with E-state index in [9.17, 15) is 0 Å². The second-order valence-electron chi connectivity index (χ2n) is 5.93. The highest BCUT2D eigenvalue weighted by Gasteiger charge is 2.30. The number of benzene rings is 1. The molecule has 3 heterocycles. The quantitative estimate of drug-likeness (QED) is 0.762. The van der Waals surface area contributed by atoms with Crippen LogP contribution >= 0.6 is 11.3 Å². The summed E-state index contributed by atoms with van der Waals surface area (Å²) in [7, 11) is 0. The largest absolute Gasteiger partial charge is 0.369 e. The van der Waals surface area contributed by atoms with Crippen LogP contribution in [0.25, 0.3) is 20.7 Å². The van der Waals surface area contributed by atoms with Crippen LogP contribution in [0.2, 0.25) is 0 Å². The van der Waals surface area contributed by atoms with E-state index in [1.54, 1.807) is 17.7 Å². The molecule has 1 aliphatic rings. The molecule has 5 nitrogen and oxygen atoms in total. The van der Waals surface area contributed by atoms with Crippen molar-refractivity contribution in [2.75, 3.05) is 25.1 Å². The fraction of sp³-hybridized carbons (Fsp3) is 0.333. The molecule has 0 unspecified atom stereocenters. The maximum Gasteiger partial charge on any atom is 0.167 e. The summed E-state index contributed by atoms with van der Waals surface area (Å²) in [6.07, 6.45) is 2.38. The molecule has 6 heteroatoms. The number of anilines is 1. The van der Waals surface area contributed by atoms with Crippen LogP contribution in [0.5, 0.6) is 0 Å². The van der Waals surface area contributed by atoms with E-state index in [2.05, 4.69) is 33.5 Å². The van der Waals surface area contributed by atoms with E-state index < -0.39 is 5.79 Å². The van der Waals surface area contributed by atoms with Crippen molar-refractivity contribution in [1.82, 2.24) is 9.97 Å². The topological polar surface area (TPSA) is 56.3 Å². The summed E-state index contributed by atoms with van der Waals surface area (Å²) < 4.78 is 11.3. The summed E-state index contributed by atoms with van der Waals surface area (Å²) in [4.78, 5) is 11.0. The lowest BCUT2D eigenvalue weighted by Gasteiger charge is -2.22. The Hall–Kier alpha value is -2.02. The Morgan fingerprint density at radius 2 is 1.96 bits per heavy atom. The number of fused-ring (bicyclic) bond motifs is 1. The van der Waals surface area contributed by atoms with E-state index in [1.807, 2.05) is 25.1 Å². The van der Waals surface area contributed by atoms with Gasteiger partial charge in [0.25, 0.3) is 0 Å². The number of rotatable bonds is 5. The molecule has 24 heavy (non-hydrogen) atoms. The highest BCUT2D eigenvalue weighted by atomic mass is 32.1. The van der Waals surface area contributed by atoms with Crippen LogP contribution in [0, 0.1) is 0 Å². The van der Waals surface area contributed by atoms with Gasteiger partial charge in [0.05, 0.1) is 18.6 Å². The monoisotopic (exact) mass is 341 g/mol. The predicted octanol–water partition coefficient (Wildman–Crippen LogP) is 3.92. The highest BCUT2D eigenvalue weighted by Crippen LogP contribution is 2.35. The zero-order valence-corrected chi connectivity index (χ0v) is 14.3. The van der Waals surface area contributed by atoms with Crippen molar-refractivity contribution >= 4 is 27.4 Å². The SMILES string of the molecule is CC1(CCNc2ncnc3sc(-c4ccccc4)cc23)OCCO1. The molecule has 0 bridgehead atoms. The van der Waals surface area contributed by atoms with Gasteiger partial charge in [0.2, 0.25) is 0 Å². The van der Waals surface area contributed by atoms with Gasteiger partial charge in [-0.3, -0.25) is 0 Å².